The van der Waals surface area contributed by atoms with Crippen molar-refractivity contribution in [3.63, 3.8) is 0 Å². The van der Waals surface area contributed by atoms with Gasteiger partial charge in [-0.05, 0) is 66.4 Å². The topological polar surface area (TPSA) is 12.0 Å². The summed E-state index contributed by atoms with van der Waals surface area (Å²) in [7, 11) is 0. The smallest absolute Gasteiger partial charge is 0.123 e. The molecule has 3 aromatic carbocycles. The predicted octanol–water partition coefficient (Wildman–Crippen LogP) is 5.85. The van der Waals surface area contributed by atoms with E-state index in [9.17, 15) is 4.39 Å². The molecule has 1 N–H and O–H groups in total. The van der Waals surface area contributed by atoms with Gasteiger partial charge in [-0.1, -0.05) is 36.4 Å². The summed E-state index contributed by atoms with van der Waals surface area (Å²) < 4.78 is 13.0. The van der Waals surface area contributed by atoms with Crippen LogP contribution in [0.2, 0.25) is 0 Å². The van der Waals surface area contributed by atoms with Gasteiger partial charge in [-0.15, -0.1) is 0 Å². The second-order valence-corrected chi connectivity index (χ2v) is 5.48. The number of benzene rings is 3. The number of anilines is 2. The second kappa shape index (κ2) is 6.02. The fourth-order valence-corrected chi connectivity index (χ4v) is 2.51. The number of aryl methyl sites for hydroxylation is 2. The van der Waals surface area contributed by atoms with Gasteiger partial charge in [0.25, 0.3) is 0 Å². The van der Waals surface area contributed by atoms with Crippen LogP contribution in [-0.2, 0) is 0 Å². The summed E-state index contributed by atoms with van der Waals surface area (Å²) in [6, 6.07) is 21.1. The molecule has 0 bridgehead atoms. The fraction of sp³-hybridized carbons (Fsp3) is 0.100. The minimum Gasteiger partial charge on any atom is -0.355 e. The van der Waals surface area contributed by atoms with E-state index in [-0.39, 0.29) is 5.82 Å². The Morgan fingerprint density at radius 2 is 1.50 bits per heavy atom. The average molecular weight is 291 g/mol. The molecule has 2 heteroatoms. The minimum absolute atomic E-state index is 0.226. The van der Waals surface area contributed by atoms with Gasteiger partial charge in [0, 0.05) is 11.4 Å². The molecule has 0 atom stereocenters. The Morgan fingerprint density at radius 1 is 0.773 bits per heavy atom. The number of halogens is 1. The number of hydrogen-bond acceptors (Lipinski definition) is 1. The zero-order valence-electron chi connectivity index (χ0n) is 12.7. The Bertz CT molecular complexity index is 791. The Morgan fingerprint density at radius 3 is 2.23 bits per heavy atom. The van der Waals surface area contributed by atoms with Crippen LogP contribution in [0.25, 0.3) is 11.1 Å². The van der Waals surface area contributed by atoms with Crippen LogP contribution in [0.1, 0.15) is 11.1 Å². The summed E-state index contributed by atoms with van der Waals surface area (Å²) >= 11 is 0. The van der Waals surface area contributed by atoms with Gasteiger partial charge in [-0.3, -0.25) is 0 Å². The molecule has 0 radical (unpaired) electrons. The van der Waals surface area contributed by atoms with E-state index in [1.807, 2.05) is 6.07 Å². The van der Waals surface area contributed by atoms with E-state index in [4.69, 9.17) is 0 Å². The standard InChI is InChI=1S/C20H18FN/c1-14-5-3-4-6-19(14)16-8-7-15(2)20(13-16)22-18-11-9-17(21)10-12-18/h3-13,22H,1-2H3. The SMILES string of the molecule is Cc1ccc(-c2ccccc2C)cc1Nc1ccc(F)cc1. The highest BCUT2D eigenvalue weighted by Gasteiger charge is 2.05. The fourth-order valence-electron chi connectivity index (χ4n) is 2.51. The average Bonchev–Trinajstić information content (AvgIpc) is 2.52. The van der Waals surface area contributed by atoms with Gasteiger partial charge in [0.1, 0.15) is 5.82 Å². The minimum atomic E-state index is -0.226. The molecular weight excluding hydrogens is 273 g/mol. The predicted molar refractivity (Wildman–Crippen MR) is 91.0 cm³/mol. The van der Waals surface area contributed by atoms with Crippen LogP contribution in [0.15, 0.2) is 66.7 Å². The molecule has 0 aliphatic carbocycles. The van der Waals surface area contributed by atoms with Crippen LogP contribution < -0.4 is 5.32 Å². The molecule has 3 aromatic rings. The van der Waals surface area contributed by atoms with Gasteiger partial charge < -0.3 is 5.32 Å². The van der Waals surface area contributed by atoms with Crippen molar-refractivity contribution in [1.29, 1.82) is 0 Å². The lowest BCUT2D eigenvalue weighted by Crippen LogP contribution is -1.94. The van der Waals surface area contributed by atoms with Gasteiger partial charge in [0.05, 0.1) is 0 Å². The largest absolute Gasteiger partial charge is 0.355 e. The molecule has 0 aliphatic rings. The Labute approximate surface area is 130 Å². The molecule has 0 aliphatic heterocycles. The van der Waals surface area contributed by atoms with E-state index >= 15 is 0 Å². The van der Waals surface area contributed by atoms with Gasteiger partial charge in [0.15, 0.2) is 0 Å². The van der Waals surface area contributed by atoms with Crippen molar-refractivity contribution in [1.82, 2.24) is 0 Å². The van der Waals surface area contributed by atoms with Crippen LogP contribution in [0.5, 0.6) is 0 Å². The third kappa shape index (κ3) is 3.01. The van der Waals surface area contributed by atoms with Crippen molar-refractivity contribution in [2.24, 2.45) is 0 Å². The van der Waals surface area contributed by atoms with Gasteiger partial charge in [-0.2, -0.15) is 0 Å². The number of rotatable bonds is 3. The summed E-state index contributed by atoms with van der Waals surface area (Å²) in [6.45, 7) is 4.18. The summed E-state index contributed by atoms with van der Waals surface area (Å²) in [4.78, 5) is 0. The Kier molecular flexibility index (Phi) is 3.92. The lowest BCUT2D eigenvalue weighted by molar-refractivity contribution is 0.628. The first-order valence-electron chi connectivity index (χ1n) is 7.33. The molecule has 0 unspecified atom stereocenters. The van der Waals surface area contributed by atoms with Crippen LogP contribution in [-0.4, -0.2) is 0 Å². The maximum Gasteiger partial charge on any atom is 0.123 e. The first-order valence-corrected chi connectivity index (χ1v) is 7.33. The molecule has 110 valence electrons. The van der Waals surface area contributed by atoms with Crippen LogP contribution >= 0.6 is 0 Å². The highest BCUT2D eigenvalue weighted by molar-refractivity contribution is 5.74. The molecule has 0 aromatic heterocycles. The molecule has 3 rings (SSSR count). The zero-order valence-corrected chi connectivity index (χ0v) is 12.7. The second-order valence-electron chi connectivity index (χ2n) is 5.48. The van der Waals surface area contributed by atoms with Gasteiger partial charge in [0.2, 0.25) is 0 Å². The first-order chi connectivity index (χ1) is 10.6. The maximum atomic E-state index is 13.0. The molecule has 22 heavy (non-hydrogen) atoms. The molecule has 0 spiro atoms. The van der Waals surface area contributed by atoms with E-state index < -0.39 is 0 Å². The molecule has 0 saturated carbocycles. The third-order valence-electron chi connectivity index (χ3n) is 3.82. The summed E-state index contributed by atoms with van der Waals surface area (Å²) in [5, 5.41) is 3.36. The van der Waals surface area contributed by atoms with Gasteiger partial charge in [-0.25, -0.2) is 4.39 Å². The third-order valence-corrected chi connectivity index (χ3v) is 3.82. The van der Waals surface area contributed by atoms with E-state index in [1.54, 1.807) is 12.1 Å². The molecule has 1 nitrogen and oxygen atoms in total. The quantitative estimate of drug-likeness (QED) is 0.638. The summed E-state index contributed by atoms with van der Waals surface area (Å²) in [5.74, 6) is -0.226. The van der Waals surface area contributed by atoms with Crippen molar-refractivity contribution in [2.75, 3.05) is 5.32 Å². The molecule has 0 fully saturated rings. The van der Waals surface area contributed by atoms with Gasteiger partial charge >= 0.3 is 0 Å². The lowest BCUT2D eigenvalue weighted by Gasteiger charge is -2.13. The monoisotopic (exact) mass is 291 g/mol. The van der Waals surface area contributed by atoms with Crippen molar-refractivity contribution >= 4 is 11.4 Å². The Balaban J connectivity index is 1.97. The van der Waals surface area contributed by atoms with Crippen molar-refractivity contribution in [3.05, 3.63) is 83.7 Å². The lowest BCUT2D eigenvalue weighted by atomic mass is 9.99. The molecule has 0 amide bonds. The molecule has 0 heterocycles. The van der Waals surface area contributed by atoms with Crippen molar-refractivity contribution in [2.45, 2.75) is 13.8 Å². The van der Waals surface area contributed by atoms with Crippen molar-refractivity contribution in [3.8, 4) is 11.1 Å². The van der Waals surface area contributed by atoms with E-state index in [0.717, 1.165) is 16.9 Å². The number of hydrogen-bond donors (Lipinski definition) is 1. The molecular formula is C20H18FN. The van der Waals surface area contributed by atoms with Crippen molar-refractivity contribution < 1.29 is 4.39 Å². The van der Waals surface area contributed by atoms with E-state index in [0.29, 0.717) is 0 Å². The van der Waals surface area contributed by atoms with E-state index in [1.165, 1.54) is 28.8 Å². The molecule has 0 saturated heterocycles. The van der Waals surface area contributed by atoms with Crippen LogP contribution in [0.4, 0.5) is 15.8 Å². The first kappa shape index (κ1) is 14.3. The number of nitrogens with one attached hydrogen (secondary N) is 1. The highest BCUT2D eigenvalue weighted by Crippen LogP contribution is 2.29. The van der Waals surface area contributed by atoms with Crippen LogP contribution in [0, 0.1) is 19.7 Å². The highest BCUT2D eigenvalue weighted by atomic mass is 19.1. The Hall–Kier alpha value is -2.61. The maximum absolute atomic E-state index is 13.0. The normalized spacial score (nSPS) is 10.5. The van der Waals surface area contributed by atoms with Crippen LogP contribution in [0.3, 0.4) is 0 Å². The zero-order chi connectivity index (χ0) is 15.5. The summed E-state index contributed by atoms with van der Waals surface area (Å²) in [5.41, 5.74) is 6.72. The van der Waals surface area contributed by atoms with E-state index in [2.05, 4.69) is 55.6 Å². The summed E-state index contributed by atoms with van der Waals surface area (Å²) in [6.07, 6.45) is 0.